The molecule has 0 aliphatic rings. The standard InChI is InChI=1S/C19H22Cl2N2O5S2/c1-4-16(13-8-10-14(11-9-13)29(2,25)26)22-18(24)12-23(30(3,27)28)17-7-5-6-15(20)19(17)21/h5-11,16H,4,12H2,1-3H3,(H,22,24). The van der Waals surface area contributed by atoms with Crippen LogP contribution in [-0.4, -0.2) is 41.8 Å². The van der Waals surface area contributed by atoms with E-state index in [1.807, 2.05) is 6.92 Å². The fourth-order valence-corrected chi connectivity index (χ4v) is 4.74. The highest BCUT2D eigenvalue weighted by molar-refractivity contribution is 7.92. The van der Waals surface area contributed by atoms with Gasteiger partial charge in [-0.15, -0.1) is 0 Å². The second-order valence-electron chi connectivity index (χ2n) is 6.71. The second kappa shape index (κ2) is 9.55. The van der Waals surface area contributed by atoms with Crippen LogP contribution in [0.15, 0.2) is 47.4 Å². The molecule has 1 unspecified atom stereocenters. The molecular formula is C19H22Cl2N2O5S2. The van der Waals surface area contributed by atoms with Crippen molar-refractivity contribution < 1.29 is 21.6 Å². The number of anilines is 1. The maximum Gasteiger partial charge on any atom is 0.241 e. The van der Waals surface area contributed by atoms with Crippen molar-refractivity contribution in [3.8, 4) is 0 Å². The first-order valence-electron chi connectivity index (χ1n) is 8.85. The molecule has 0 aliphatic heterocycles. The molecule has 0 bridgehead atoms. The second-order valence-corrected chi connectivity index (χ2v) is 11.4. The Labute approximate surface area is 187 Å². The topological polar surface area (TPSA) is 101 Å². The van der Waals surface area contributed by atoms with Gasteiger partial charge in [-0.2, -0.15) is 0 Å². The summed E-state index contributed by atoms with van der Waals surface area (Å²) in [7, 11) is -7.15. The lowest BCUT2D eigenvalue weighted by molar-refractivity contribution is -0.120. The van der Waals surface area contributed by atoms with Gasteiger partial charge < -0.3 is 5.32 Å². The van der Waals surface area contributed by atoms with E-state index in [-0.39, 0.29) is 20.6 Å². The fourth-order valence-electron chi connectivity index (χ4n) is 2.80. The molecule has 1 N–H and O–H groups in total. The number of sulfonamides is 1. The Bertz CT molecular complexity index is 1130. The van der Waals surface area contributed by atoms with Crippen molar-refractivity contribution in [2.45, 2.75) is 24.3 Å². The van der Waals surface area contributed by atoms with E-state index < -0.39 is 38.4 Å². The van der Waals surface area contributed by atoms with Crippen LogP contribution < -0.4 is 9.62 Å². The average molecular weight is 493 g/mol. The number of carbonyl (C=O) groups excluding carboxylic acids is 1. The minimum Gasteiger partial charge on any atom is -0.348 e. The van der Waals surface area contributed by atoms with E-state index >= 15 is 0 Å². The van der Waals surface area contributed by atoms with E-state index in [4.69, 9.17) is 23.2 Å². The summed E-state index contributed by atoms with van der Waals surface area (Å²) in [5.41, 5.74) is 0.803. The molecular weight excluding hydrogens is 471 g/mol. The van der Waals surface area contributed by atoms with Crippen LogP contribution in [0.25, 0.3) is 0 Å². The summed E-state index contributed by atoms with van der Waals surface area (Å²) in [6.45, 7) is 1.36. The van der Waals surface area contributed by atoms with Crippen molar-refractivity contribution in [1.29, 1.82) is 0 Å². The first-order chi connectivity index (χ1) is 13.8. The smallest absolute Gasteiger partial charge is 0.241 e. The Balaban J connectivity index is 2.24. The third kappa shape index (κ3) is 6.10. The van der Waals surface area contributed by atoms with Crippen LogP contribution in [0, 0.1) is 0 Å². The van der Waals surface area contributed by atoms with E-state index in [1.165, 1.54) is 30.3 Å². The molecule has 0 spiro atoms. The maximum absolute atomic E-state index is 12.6. The summed E-state index contributed by atoms with van der Waals surface area (Å²) >= 11 is 12.1. The first-order valence-corrected chi connectivity index (χ1v) is 13.3. The van der Waals surface area contributed by atoms with Gasteiger partial charge in [-0.3, -0.25) is 9.10 Å². The van der Waals surface area contributed by atoms with Crippen LogP contribution in [0.3, 0.4) is 0 Å². The molecule has 2 aromatic rings. The molecule has 0 radical (unpaired) electrons. The Morgan fingerprint density at radius 1 is 1.03 bits per heavy atom. The molecule has 1 atom stereocenters. The number of nitrogens with zero attached hydrogens (tertiary/aromatic N) is 1. The number of amides is 1. The summed E-state index contributed by atoms with van der Waals surface area (Å²) in [5, 5.41) is 2.97. The zero-order valence-corrected chi connectivity index (χ0v) is 19.7. The highest BCUT2D eigenvalue weighted by Crippen LogP contribution is 2.33. The van der Waals surface area contributed by atoms with E-state index in [0.717, 1.165) is 16.8 Å². The summed E-state index contributed by atoms with van der Waals surface area (Å²) in [4.78, 5) is 12.8. The summed E-state index contributed by atoms with van der Waals surface area (Å²) in [5.74, 6) is -0.546. The number of hydrogen-bond acceptors (Lipinski definition) is 5. The zero-order chi connectivity index (χ0) is 22.7. The number of hydrogen-bond donors (Lipinski definition) is 1. The lowest BCUT2D eigenvalue weighted by atomic mass is 10.0. The Morgan fingerprint density at radius 2 is 1.63 bits per heavy atom. The first kappa shape index (κ1) is 24.5. The van der Waals surface area contributed by atoms with Gasteiger partial charge >= 0.3 is 0 Å². The van der Waals surface area contributed by atoms with Crippen molar-refractivity contribution in [2.24, 2.45) is 0 Å². The van der Waals surface area contributed by atoms with Crippen molar-refractivity contribution in [3.63, 3.8) is 0 Å². The SMILES string of the molecule is CCC(NC(=O)CN(c1cccc(Cl)c1Cl)S(C)(=O)=O)c1ccc(S(C)(=O)=O)cc1. The third-order valence-electron chi connectivity index (χ3n) is 4.34. The molecule has 1 amide bonds. The van der Waals surface area contributed by atoms with Crippen molar-refractivity contribution >= 4 is 54.7 Å². The Morgan fingerprint density at radius 3 is 2.13 bits per heavy atom. The molecule has 0 saturated heterocycles. The molecule has 0 saturated carbocycles. The van der Waals surface area contributed by atoms with Gasteiger partial charge in [-0.25, -0.2) is 16.8 Å². The van der Waals surface area contributed by atoms with Crippen molar-refractivity contribution in [1.82, 2.24) is 5.32 Å². The molecule has 164 valence electrons. The lowest BCUT2D eigenvalue weighted by Crippen LogP contribution is -2.41. The minimum atomic E-state index is -3.82. The normalized spacial score (nSPS) is 13.0. The van der Waals surface area contributed by atoms with Gasteiger partial charge in [-0.05, 0) is 36.2 Å². The number of carbonyl (C=O) groups is 1. The summed E-state index contributed by atoms with van der Waals surface area (Å²) in [6, 6.07) is 10.3. The average Bonchev–Trinajstić information content (AvgIpc) is 2.65. The molecule has 0 aliphatic carbocycles. The molecule has 11 heteroatoms. The van der Waals surface area contributed by atoms with Crippen LogP contribution in [0.2, 0.25) is 10.0 Å². The van der Waals surface area contributed by atoms with Crippen LogP contribution in [0.1, 0.15) is 24.9 Å². The van der Waals surface area contributed by atoms with Crippen LogP contribution in [0.5, 0.6) is 0 Å². The number of nitrogens with one attached hydrogen (secondary N) is 1. The van der Waals surface area contributed by atoms with Gasteiger partial charge in [0.15, 0.2) is 9.84 Å². The summed E-state index contributed by atoms with van der Waals surface area (Å²) < 4.78 is 48.7. The lowest BCUT2D eigenvalue weighted by Gasteiger charge is -2.25. The molecule has 0 heterocycles. The molecule has 0 aromatic heterocycles. The Kier molecular flexibility index (Phi) is 7.79. The number of benzene rings is 2. The summed E-state index contributed by atoms with van der Waals surface area (Å²) in [6.07, 6.45) is 2.60. The van der Waals surface area contributed by atoms with Gasteiger partial charge in [0.05, 0.1) is 32.9 Å². The molecule has 7 nitrogen and oxygen atoms in total. The predicted molar refractivity (Wildman–Crippen MR) is 119 cm³/mol. The van der Waals surface area contributed by atoms with E-state index in [9.17, 15) is 21.6 Å². The fraction of sp³-hybridized carbons (Fsp3) is 0.316. The molecule has 2 rings (SSSR count). The highest BCUT2D eigenvalue weighted by atomic mass is 35.5. The molecule has 30 heavy (non-hydrogen) atoms. The van der Waals surface area contributed by atoms with Gasteiger partial charge in [0.25, 0.3) is 0 Å². The van der Waals surface area contributed by atoms with Crippen LogP contribution in [0.4, 0.5) is 5.69 Å². The van der Waals surface area contributed by atoms with E-state index in [0.29, 0.717) is 12.0 Å². The van der Waals surface area contributed by atoms with Gasteiger partial charge in [0, 0.05) is 6.26 Å². The quantitative estimate of drug-likeness (QED) is 0.608. The molecule has 0 fully saturated rings. The monoisotopic (exact) mass is 492 g/mol. The van der Waals surface area contributed by atoms with Gasteiger partial charge in [0.2, 0.25) is 15.9 Å². The molecule has 2 aromatic carbocycles. The minimum absolute atomic E-state index is 0.0285. The van der Waals surface area contributed by atoms with E-state index in [1.54, 1.807) is 12.1 Å². The zero-order valence-electron chi connectivity index (χ0n) is 16.6. The van der Waals surface area contributed by atoms with Gasteiger partial charge in [0.1, 0.15) is 6.54 Å². The number of sulfone groups is 1. The number of halogens is 2. The maximum atomic E-state index is 12.6. The van der Waals surface area contributed by atoms with Crippen LogP contribution in [-0.2, 0) is 24.7 Å². The highest BCUT2D eigenvalue weighted by Gasteiger charge is 2.25. The largest absolute Gasteiger partial charge is 0.348 e. The van der Waals surface area contributed by atoms with Crippen molar-refractivity contribution in [2.75, 3.05) is 23.4 Å². The predicted octanol–water partition coefficient (Wildman–Crippen LogP) is 3.43. The van der Waals surface area contributed by atoms with Gasteiger partial charge in [-0.1, -0.05) is 48.3 Å². The Hall–Kier alpha value is -1.81. The third-order valence-corrected chi connectivity index (χ3v) is 7.41. The van der Waals surface area contributed by atoms with E-state index in [2.05, 4.69) is 5.32 Å². The number of rotatable bonds is 8. The van der Waals surface area contributed by atoms with Crippen molar-refractivity contribution in [3.05, 3.63) is 58.1 Å². The van der Waals surface area contributed by atoms with Crippen LogP contribution >= 0.6 is 23.2 Å².